The molecule has 0 fully saturated rings. The highest BCUT2D eigenvalue weighted by Crippen LogP contribution is 2.32. The summed E-state index contributed by atoms with van der Waals surface area (Å²) in [7, 11) is -1.24. The van der Waals surface area contributed by atoms with E-state index >= 15 is 0 Å². The van der Waals surface area contributed by atoms with E-state index in [2.05, 4.69) is 4.90 Å². The average Bonchev–Trinajstić information content (AvgIpc) is 2.73. The van der Waals surface area contributed by atoms with Crippen molar-refractivity contribution in [1.82, 2.24) is 0 Å². The van der Waals surface area contributed by atoms with E-state index in [0.29, 0.717) is 16.7 Å². The van der Waals surface area contributed by atoms with Crippen molar-refractivity contribution < 1.29 is 22.3 Å². The van der Waals surface area contributed by atoms with Crippen LogP contribution in [0.5, 0.6) is 11.5 Å². The molecule has 29 heavy (non-hydrogen) atoms. The summed E-state index contributed by atoms with van der Waals surface area (Å²) in [5, 5.41) is 0.527. The molecule has 0 aliphatic carbocycles. The fourth-order valence-electron chi connectivity index (χ4n) is 3.16. The predicted octanol–water partition coefficient (Wildman–Crippen LogP) is 3.49. The van der Waals surface area contributed by atoms with Gasteiger partial charge in [-0.05, 0) is 44.2 Å². The van der Waals surface area contributed by atoms with Crippen LogP contribution < -0.4 is 20.0 Å². The molecule has 8 heteroatoms. The van der Waals surface area contributed by atoms with Gasteiger partial charge in [-0.25, -0.2) is 13.2 Å². The third kappa shape index (κ3) is 3.80. The van der Waals surface area contributed by atoms with Gasteiger partial charge in [0.25, 0.3) is 0 Å². The molecule has 0 radical (unpaired) electrons. The van der Waals surface area contributed by atoms with Crippen LogP contribution >= 0.6 is 0 Å². The van der Waals surface area contributed by atoms with Crippen LogP contribution in [0.2, 0.25) is 0 Å². The zero-order chi connectivity index (χ0) is 21.2. The first kappa shape index (κ1) is 20.7. The molecule has 0 spiro atoms. The third-order valence-electron chi connectivity index (χ3n) is 4.77. The molecule has 1 aromatic heterocycles. The van der Waals surface area contributed by atoms with E-state index in [1.165, 1.54) is 38.5 Å². The van der Waals surface area contributed by atoms with Crippen LogP contribution in [0.4, 0.5) is 5.69 Å². The van der Waals surface area contributed by atoms with Gasteiger partial charge in [-0.1, -0.05) is 0 Å². The number of hydrogen-bond donors (Lipinski definition) is 0. The minimum Gasteiger partial charge on any atom is -0.493 e. The number of ether oxygens (including phenoxy) is 2. The van der Waals surface area contributed by atoms with Crippen LogP contribution in [-0.2, 0) is 9.84 Å². The molecule has 0 aliphatic heterocycles. The molecule has 1 heterocycles. The summed E-state index contributed by atoms with van der Waals surface area (Å²) in [5.41, 5.74) is 0.329. The Kier molecular flexibility index (Phi) is 5.83. The second-order valence-corrected chi connectivity index (χ2v) is 8.23. The summed E-state index contributed by atoms with van der Waals surface area (Å²) in [5.74, 6) is 0.642. The van der Waals surface area contributed by atoms with E-state index in [-0.39, 0.29) is 10.6 Å². The molecule has 0 N–H and O–H groups in total. The monoisotopic (exact) mass is 417 g/mol. The number of rotatable bonds is 7. The zero-order valence-corrected chi connectivity index (χ0v) is 17.6. The molecule has 0 aliphatic rings. The van der Waals surface area contributed by atoms with Crippen molar-refractivity contribution in [3.05, 3.63) is 52.9 Å². The van der Waals surface area contributed by atoms with E-state index in [1.54, 1.807) is 12.1 Å². The number of anilines is 1. The molecule has 0 unspecified atom stereocenters. The molecule has 3 aromatic rings. The second-order valence-electron chi connectivity index (χ2n) is 6.31. The number of sulfone groups is 1. The number of benzene rings is 2. The molecule has 0 saturated heterocycles. The van der Waals surface area contributed by atoms with Crippen LogP contribution in [-0.4, -0.2) is 35.7 Å². The van der Waals surface area contributed by atoms with Crippen molar-refractivity contribution in [2.75, 3.05) is 32.2 Å². The lowest BCUT2D eigenvalue weighted by Crippen LogP contribution is -2.21. The fourth-order valence-corrected chi connectivity index (χ4v) is 4.47. The summed E-state index contributed by atoms with van der Waals surface area (Å²) in [4.78, 5) is 14.1. The van der Waals surface area contributed by atoms with E-state index in [9.17, 15) is 13.2 Å². The molecule has 154 valence electrons. The first-order valence-electron chi connectivity index (χ1n) is 9.15. The summed E-state index contributed by atoms with van der Waals surface area (Å²) < 4.78 is 41.8. The maximum Gasteiger partial charge on any atom is 0.355 e. The van der Waals surface area contributed by atoms with Crippen LogP contribution in [0, 0.1) is 0 Å². The smallest absolute Gasteiger partial charge is 0.355 e. The van der Waals surface area contributed by atoms with Crippen LogP contribution in [0.1, 0.15) is 13.8 Å². The van der Waals surface area contributed by atoms with Crippen molar-refractivity contribution in [3.8, 4) is 11.5 Å². The Morgan fingerprint density at radius 1 is 0.931 bits per heavy atom. The maximum absolute atomic E-state index is 13.1. The normalized spacial score (nSPS) is 11.4. The largest absolute Gasteiger partial charge is 0.493 e. The summed E-state index contributed by atoms with van der Waals surface area (Å²) in [6.45, 7) is 5.67. The molecule has 2 aromatic carbocycles. The van der Waals surface area contributed by atoms with Crippen molar-refractivity contribution in [3.63, 3.8) is 0 Å². The fraction of sp³-hybridized carbons (Fsp3) is 0.286. The molecule has 0 bridgehead atoms. The van der Waals surface area contributed by atoms with Gasteiger partial charge in [-0.15, -0.1) is 0 Å². The van der Waals surface area contributed by atoms with E-state index in [0.717, 1.165) is 18.8 Å². The van der Waals surface area contributed by atoms with E-state index in [4.69, 9.17) is 13.9 Å². The van der Waals surface area contributed by atoms with Gasteiger partial charge in [0.15, 0.2) is 16.4 Å². The van der Waals surface area contributed by atoms with Gasteiger partial charge in [-0.3, -0.25) is 0 Å². The Labute approximate surface area is 169 Å². The number of hydrogen-bond acceptors (Lipinski definition) is 7. The molecular formula is C21H23NO6S. The zero-order valence-electron chi connectivity index (χ0n) is 16.8. The highest BCUT2D eigenvalue weighted by atomic mass is 32.2. The highest BCUT2D eigenvalue weighted by molar-refractivity contribution is 7.91. The first-order valence-corrected chi connectivity index (χ1v) is 10.6. The first-order chi connectivity index (χ1) is 13.8. The quantitative estimate of drug-likeness (QED) is 0.544. The topological polar surface area (TPSA) is 86.0 Å². The summed E-state index contributed by atoms with van der Waals surface area (Å²) in [6.07, 6.45) is 0. The van der Waals surface area contributed by atoms with Gasteiger partial charge in [-0.2, -0.15) is 0 Å². The van der Waals surface area contributed by atoms with Crippen molar-refractivity contribution in [2.24, 2.45) is 0 Å². The van der Waals surface area contributed by atoms with Gasteiger partial charge in [0.2, 0.25) is 9.84 Å². The number of nitrogens with zero attached hydrogens (tertiary/aromatic N) is 1. The van der Waals surface area contributed by atoms with E-state index < -0.39 is 20.4 Å². The van der Waals surface area contributed by atoms with Gasteiger partial charge in [0.05, 0.1) is 19.1 Å². The highest BCUT2D eigenvalue weighted by Gasteiger charge is 2.25. The Bertz CT molecular complexity index is 1200. The van der Waals surface area contributed by atoms with E-state index in [1.807, 2.05) is 19.9 Å². The van der Waals surface area contributed by atoms with Crippen molar-refractivity contribution in [2.45, 2.75) is 23.6 Å². The molecule has 3 rings (SSSR count). The standard InChI is InChI=1S/C21H23NO6S/c1-5-22(6-2)15-8-7-14-11-20(21(23)28-18(14)12-15)29(24,25)16-9-10-17(26-3)19(13-16)27-4/h7-13H,5-6H2,1-4H3. The van der Waals surface area contributed by atoms with Crippen LogP contribution in [0.25, 0.3) is 11.0 Å². The number of fused-ring (bicyclic) bond motifs is 1. The van der Waals surface area contributed by atoms with Gasteiger partial charge >= 0.3 is 5.63 Å². The second kappa shape index (κ2) is 8.16. The summed E-state index contributed by atoms with van der Waals surface area (Å²) >= 11 is 0. The lowest BCUT2D eigenvalue weighted by Gasteiger charge is -2.21. The SMILES string of the molecule is CCN(CC)c1ccc2cc(S(=O)(=O)c3ccc(OC)c(OC)c3)c(=O)oc2c1. The molecular weight excluding hydrogens is 394 g/mol. The van der Waals surface area contributed by atoms with Crippen molar-refractivity contribution >= 4 is 26.5 Å². The maximum atomic E-state index is 13.1. The van der Waals surface area contributed by atoms with Crippen molar-refractivity contribution in [1.29, 1.82) is 0 Å². The Morgan fingerprint density at radius 2 is 1.62 bits per heavy atom. The Morgan fingerprint density at radius 3 is 2.24 bits per heavy atom. The Balaban J connectivity index is 2.13. The molecule has 0 amide bonds. The number of methoxy groups -OCH3 is 2. The molecule has 0 saturated carbocycles. The summed E-state index contributed by atoms with van der Waals surface area (Å²) in [6, 6.07) is 10.9. The molecule has 0 atom stereocenters. The van der Waals surface area contributed by atoms with Gasteiger partial charge in [0, 0.05) is 36.3 Å². The average molecular weight is 417 g/mol. The lowest BCUT2D eigenvalue weighted by atomic mass is 10.2. The third-order valence-corrected chi connectivity index (χ3v) is 6.51. The van der Waals surface area contributed by atoms with Crippen LogP contribution in [0.3, 0.4) is 0 Å². The van der Waals surface area contributed by atoms with Gasteiger partial charge < -0.3 is 18.8 Å². The predicted molar refractivity (Wildman–Crippen MR) is 111 cm³/mol. The molecule has 7 nitrogen and oxygen atoms in total. The minimum atomic E-state index is -4.11. The minimum absolute atomic E-state index is 0.0819. The lowest BCUT2D eigenvalue weighted by molar-refractivity contribution is 0.354. The van der Waals surface area contributed by atoms with Gasteiger partial charge in [0.1, 0.15) is 5.58 Å². The Hall–Kier alpha value is -3.00. The van der Waals surface area contributed by atoms with Crippen LogP contribution in [0.15, 0.2) is 61.5 Å².